The molecule has 314 valence electrons. The van der Waals surface area contributed by atoms with Gasteiger partial charge in [0, 0.05) is 12.8 Å². The van der Waals surface area contributed by atoms with Gasteiger partial charge in [0.1, 0.15) is 12.7 Å². The summed E-state index contributed by atoms with van der Waals surface area (Å²) in [5.74, 6) is -0.971. The van der Waals surface area contributed by atoms with Gasteiger partial charge >= 0.3 is 19.8 Å². The summed E-state index contributed by atoms with van der Waals surface area (Å²) >= 11 is 0. The lowest BCUT2D eigenvalue weighted by Gasteiger charge is -2.20. The molecular formula is C43H77O10P. The molecule has 0 radical (unpaired) electrons. The summed E-state index contributed by atoms with van der Waals surface area (Å²) in [4.78, 5) is 34.9. The van der Waals surface area contributed by atoms with E-state index in [1.54, 1.807) is 0 Å². The van der Waals surface area contributed by atoms with Crippen LogP contribution in [-0.2, 0) is 32.7 Å². The molecule has 0 rings (SSSR count). The van der Waals surface area contributed by atoms with Crippen LogP contribution in [0.4, 0.5) is 0 Å². The number of aliphatic hydroxyl groups excluding tert-OH is 2. The average molecular weight is 785 g/mol. The van der Waals surface area contributed by atoms with Crippen LogP contribution in [0.1, 0.15) is 174 Å². The van der Waals surface area contributed by atoms with E-state index in [9.17, 15) is 24.2 Å². The van der Waals surface area contributed by atoms with E-state index in [0.717, 1.165) is 57.8 Å². The maximum atomic E-state index is 12.6. The number of carbonyl (C=O) groups excluding carboxylic acids is 2. The SMILES string of the molecule is CC/C=C\C/C=C\C/C=C\C/C=C\CCCCC(=O)OC(COC(=O)CCCCCCCCCCCCCCCCCC)COP(=O)(O)OCC(O)CO. The van der Waals surface area contributed by atoms with Gasteiger partial charge in [-0.05, 0) is 51.4 Å². The maximum absolute atomic E-state index is 12.6. The molecular weight excluding hydrogens is 707 g/mol. The van der Waals surface area contributed by atoms with E-state index in [4.69, 9.17) is 19.1 Å². The number of aliphatic hydroxyl groups is 2. The largest absolute Gasteiger partial charge is 0.472 e. The lowest BCUT2D eigenvalue weighted by Crippen LogP contribution is -2.29. The number of unbranched alkanes of at least 4 members (excludes halogenated alkanes) is 17. The Bertz CT molecular complexity index is 1040. The van der Waals surface area contributed by atoms with Gasteiger partial charge in [-0.15, -0.1) is 0 Å². The zero-order valence-corrected chi connectivity index (χ0v) is 34.8. The van der Waals surface area contributed by atoms with Gasteiger partial charge in [-0.2, -0.15) is 0 Å². The third-order valence-electron chi connectivity index (χ3n) is 8.75. The highest BCUT2D eigenvalue weighted by Gasteiger charge is 2.27. The van der Waals surface area contributed by atoms with E-state index in [2.05, 4.69) is 67.0 Å². The summed E-state index contributed by atoms with van der Waals surface area (Å²) < 4.78 is 32.6. The van der Waals surface area contributed by atoms with Gasteiger partial charge in [-0.25, -0.2) is 4.57 Å². The number of allylic oxidation sites excluding steroid dienone is 8. The van der Waals surface area contributed by atoms with Crippen LogP contribution in [-0.4, -0.2) is 65.7 Å². The Morgan fingerprint density at radius 2 is 1.02 bits per heavy atom. The third-order valence-corrected chi connectivity index (χ3v) is 9.70. The first-order chi connectivity index (χ1) is 26.2. The Balaban J connectivity index is 4.36. The molecule has 10 nitrogen and oxygen atoms in total. The number of hydrogen-bond acceptors (Lipinski definition) is 9. The molecule has 3 N–H and O–H groups in total. The van der Waals surface area contributed by atoms with Gasteiger partial charge < -0.3 is 24.6 Å². The molecule has 3 unspecified atom stereocenters. The molecule has 11 heteroatoms. The summed E-state index contributed by atoms with van der Waals surface area (Å²) in [5, 5.41) is 18.3. The zero-order chi connectivity index (χ0) is 39.8. The molecule has 0 aliphatic rings. The fourth-order valence-electron chi connectivity index (χ4n) is 5.51. The Morgan fingerprint density at radius 3 is 1.54 bits per heavy atom. The van der Waals surface area contributed by atoms with Crippen molar-refractivity contribution in [1.82, 2.24) is 0 Å². The van der Waals surface area contributed by atoms with Crippen molar-refractivity contribution >= 4 is 19.8 Å². The first kappa shape index (κ1) is 51.9. The van der Waals surface area contributed by atoms with Gasteiger partial charge in [0.2, 0.25) is 0 Å². The predicted molar refractivity (Wildman–Crippen MR) is 219 cm³/mol. The maximum Gasteiger partial charge on any atom is 0.472 e. The molecule has 0 aromatic rings. The average Bonchev–Trinajstić information content (AvgIpc) is 3.16. The number of ether oxygens (including phenoxy) is 2. The molecule has 3 atom stereocenters. The number of rotatable bonds is 39. The molecule has 0 aliphatic heterocycles. The van der Waals surface area contributed by atoms with Crippen LogP contribution in [0.5, 0.6) is 0 Å². The molecule has 0 saturated carbocycles. The second kappa shape index (κ2) is 39.2. The normalized spacial score (nSPS) is 14.4. The van der Waals surface area contributed by atoms with Crippen molar-refractivity contribution in [3.05, 3.63) is 48.6 Å². The minimum Gasteiger partial charge on any atom is -0.462 e. The van der Waals surface area contributed by atoms with Gasteiger partial charge in [-0.1, -0.05) is 159 Å². The monoisotopic (exact) mass is 785 g/mol. The molecule has 0 saturated heterocycles. The summed E-state index contributed by atoms with van der Waals surface area (Å²) in [7, 11) is -4.63. The molecule has 54 heavy (non-hydrogen) atoms. The summed E-state index contributed by atoms with van der Waals surface area (Å²) in [6.07, 6.45) is 40.8. The molecule has 0 spiro atoms. The molecule has 0 aromatic heterocycles. The van der Waals surface area contributed by atoms with Crippen molar-refractivity contribution in [3.8, 4) is 0 Å². The lowest BCUT2D eigenvalue weighted by molar-refractivity contribution is -0.161. The molecule has 0 heterocycles. The topological polar surface area (TPSA) is 149 Å². The minimum absolute atomic E-state index is 0.132. The number of phosphoric acid groups is 1. The highest BCUT2D eigenvalue weighted by molar-refractivity contribution is 7.47. The highest BCUT2D eigenvalue weighted by Crippen LogP contribution is 2.43. The van der Waals surface area contributed by atoms with Crippen LogP contribution >= 0.6 is 7.82 Å². The van der Waals surface area contributed by atoms with Crippen molar-refractivity contribution in [2.75, 3.05) is 26.4 Å². The fraction of sp³-hybridized carbons (Fsp3) is 0.767. The van der Waals surface area contributed by atoms with E-state index in [0.29, 0.717) is 12.8 Å². The quantitative estimate of drug-likeness (QED) is 0.0238. The first-order valence-electron chi connectivity index (χ1n) is 21.1. The van der Waals surface area contributed by atoms with Crippen molar-refractivity contribution < 1.29 is 47.8 Å². The molecule has 0 aromatic carbocycles. The van der Waals surface area contributed by atoms with Crippen LogP contribution in [0.3, 0.4) is 0 Å². The molecule has 0 aliphatic carbocycles. The van der Waals surface area contributed by atoms with Crippen molar-refractivity contribution in [2.24, 2.45) is 0 Å². The Hall–Kier alpha value is -2.07. The van der Waals surface area contributed by atoms with Gasteiger partial charge in [-0.3, -0.25) is 18.6 Å². The molecule has 0 amide bonds. The summed E-state index contributed by atoms with van der Waals surface area (Å²) in [6, 6.07) is 0. The third kappa shape index (κ3) is 38.2. The van der Waals surface area contributed by atoms with Gasteiger partial charge in [0.05, 0.1) is 19.8 Å². The van der Waals surface area contributed by atoms with Gasteiger partial charge in [0.25, 0.3) is 0 Å². The standard InChI is InChI=1S/C43H77O10P/c1-3-5-7-9-11-13-15-17-19-21-22-24-26-28-30-32-34-42(46)50-38-41(39-52-54(48,49)51-37-40(45)36-44)53-43(47)35-33-31-29-27-25-23-20-18-16-14-12-10-8-6-4-2/h6,8,12,14,18,20,25,27,40-41,44-45H,3-5,7,9-11,13,15-17,19,21-24,26,28-39H2,1-2H3,(H,48,49)/b8-6-,14-12-,20-18-,27-25-. The number of carbonyl (C=O) groups is 2. The second-order valence-electron chi connectivity index (χ2n) is 14.0. The lowest BCUT2D eigenvalue weighted by atomic mass is 10.0. The van der Waals surface area contributed by atoms with Gasteiger partial charge in [0.15, 0.2) is 6.10 Å². The second-order valence-corrected chi connectivity index (χ2v) is 15.4. The number of esters is 2. The first-order valence-corrected chi connectivity index (χ1v) is 22.6. The Morgan fingerprint density at radius 1 is 0.574 bits per heavy atom. The van der Waals surface area contributed by atoms with E-state index in [-0.39, 0.29) is 19.4 Å². The Labute approximate surface area is 328 Å². The van der Waals surface area contributed by atoms with E-state index < -0.39 is 51.8 Å². The van der Waals surface area contributed by atoms with Crippen LogP contribution < -0.4 is 0 Å². The van der Waals surface area contributed by atoms with E-state index in [1.807, 2.05) is 0 Å². The highest BCUT2D eigenvalue weighted by atomic mass is 31.2. The molecule has 0 fully saturated rings. The fourth-order valence-corrected chi connectivity index (χ4v) is 6.30. The van der Waals surface area contributed by atoms with E-state index in [1.165, 1.54) is 77.0 Å². The minimum atomic E-state index is -4.63. The van der Waals surface area contributed by atoms with Crippen molar-refractivity contribution in [1.29, 1.82) is 0 Å². The number of phosphoric ester groups is 1. The summed E-state index contributed by atoms with van der Waals surface area (Å²) in [5.41, 5.74) is 0. The predicted octanol–water partition coefficient (Wildman–Crippen LogP) is 10.9. The van der Waals surface area contributed by atoms with E-state index >= 15 is 0 Å². The van der Waals surface area contributed by atoms with Crippen LogP contribution in [0, 0.1) is 0 Å². The smallest absolute Gasteiger partial charge is 0.462 e. The van der Waals surface area contributed by atoms with Crippen LogP contribution in [0.25, 0.3) is 0 Å². The van der Waals surface area contributed by atoms with Crippen LogP contribution in [0.2, 0.25) is 0 Å². The Kier molecular flexibility index (Phi) is 37.7. The van der Waals surface area contributed by atoms with Crippen LogP contribution in [0.15, 0.2) is 48.6 Å². The summed E-state index contributed by atoms with van der Waals surface area (Å²) in [6.45, 7) is 2.22. The zero-order valence-electron chi connectivity index (χ0n) is 33.9. The van der Waals surface area contributed by atoms with Crippen molar-refractivity contribution in [2.45, 2.75) is 187 Å². The van der Waals surface area contributed by atoms with Crippen molar-refractivity contribution in [3.63, 3.8) is 0 Å². The number of hydrogen-bond donors (Lipinski definition) is 3. The molecule has 0 bridgehead atoms.